The van der Waals surface area contributed by atoms with Gasteiger partial charge < -0.3 is 5.32 Å². The van der Waals surface area contributed by atoms with Gasteiger partial charge in [0.05, 0.1) is 5.52 Å². The Labute approximate surface area is 244 Å². The highest BCUT2D eigenvalue weighted by molar-refractivity contribution is 6.32. The van der Waals surface area contributed by atoms with E-state index in [0.29, 0.717) is 10.0 Å². The number of benzene rings is 4. The Morgan fingerprint density at radius 2 is 1.46 bits per heavy atom. The summed E-state index contributed by atoms with van der Waals surface area (Å²) in [6.07, 6.45) is 4.30. The zero-order valence-electron chi connectivity index (χ0n) is 21.4. The van der Waals surface area contributed by atoms with Crippen LogP contribution >= 0.6 is 34.8 Å². The van der Waals surface area contributed by atoms with Crippen molar-refractivity contribution < 1.29 is 0 Å². The van der Waals surface area contributed by atoms with Crippen LogP contribution in [0.2, 0.25) is 15.1 Å². The molecule has 1 unspecified atom stereocenters. The fourth-order valence-corrected chi connectivity index (χ4v) is 6.25. The van der Waals surface area contributed by atoms with E-state index in [9.17, 15) is 0 Å². The van der Waals surface area contributed by atoms with E-state index in [1.165, 1.54) is 12.8 Å². The number of rotatable bonds is 7. The standard InChI is InChI=1S/C33H28Cl3N3/c34-27-10-6-9-25(19-27)33(24-7-2-1-3-8-24,38-31-15-16-37-32-21-28(35)13-14-29(31)32)26-12-11-23(30(36)20-26)22-39-17-4-5-18-39/h1-3,6-16,19-21H,4-5,17-18,22H2,(H,37,38). The number of nitrogens with zero attached hydrogens (tertiary/aromatic N) is 2. The number of hydrogen-bond donors (Lipinski definition) is 1. The molecule has 196 valence electrons. The van der Waals surface area contributed by atoms with Gasteiger partial charge in [-0.3, -0.25) is 9.88 Å². The molecule has 1 N–H and O–H groups in total. The number of aromatic nitrogens is 1. The third-order valence-electron chi connectivity index (χ3n) is 7.57. The minimum atomic E-state index is -0.796. The predicted octanol–water partition coefficient (Wildman–Crippen LogP) is 9.19. The number of likely N-dealkylation sites (tertiary alicyclic amines) is 1. The van der Waals surface area contributed by atoms with Crippen molar-refractivity contribution in [2.24, 2.45) is 0 Å². The summed E-state index contributed by atoms with van der Waals surface area (Å²) in [6, 6.07) is 32.7. The lowest BCUT2D eigenvalue weighted by molar-refractivity contribution is 0.331. The first-order chi connectivity index (χ1) is 19.0. The van der Waals surface area contributed by atoms with Crippen molar-refractivity contribution in [1.82, 2.24) is 9.88 Å². The maximum absolute atomic E-state index is 7.03. The molecule has 1 fully saturated rings. The van der Waals surface area contributed by atoms with E-state index in [-0.39, 0.29) is 0 Å². The van der Waals surface area contributed by atoms with Crippen LogP contribution in [0.3, 0.4) is 0 Å². The summed E-state index contributed by atoms with van der Waals surface area (Å²) in [4.78, 5) is 7.04. The molecule has 1 aliphatic heterocycles. The number of anilines is 1. The average Bonchev–Trinajstić information content (AvgIpc) is 3.46. The average molecular weight is 573 g/mol. The third kappa shape index (κ3) is 5.25. The highest BCUT2D eigenvalue weighted by Gasteiger charge is 2.37. The molecule has 6 heteroatoms. The van der Waals surface area contributed by atoms with Gasteiger partial charge in [-0.2, -0.15) is 0 Å². The van der Waals surface area contributed by atoms with E-state index < -0.39 is 5.54 Å². The second kappa shape index (κ2) is 11.2. The summed E-state index contributed by atoms with van der Waals surface area (Å²) < 4.78 is 0. The second-order valence-electron chi connectivity index (χ2n) is 10.1. The molecule has 0 spiro atoms. The molecule has 0 saturated carbocycles. The van der Waals surface area contributed by atoms with Crippen molar-refractivity contribution in [2.75, 3.05) is 18.4 Å². The zero-order chi connectivity index (χ0) is 26.8. The quantitative estimate of drug-likeness (QED) is 0.197. The fraction of sp³-hybridized carbons (Fsp3) is 0.182. The zero-order valence-corrected chi connectivity index (χ0v) is 23.6. The minimum Gasteiger partial charge on any atom is -0.367 e. The molecule has 1 aliphatic rings. The molecule has 2 heterocycles. The van der Waals surface area contributed by atoms with E-state index in [1.54, 1.807) is 6.20 Å². The van der Waals surface area contributed by atoms with Crippen LogP contribution in [0.5, 0.6) is 0 Å². The molecule has 39 heavy (non-hydrogen) atoms. The van der Waals surface area contributed by atoms with Crippen molar-refractivity contribution in [3.05, 3.63) is 141 Å². The molecule has 3 nitrogen and oxygen atoms in total. The van der Waals surface area contributed by atoms with Gasteiger partial charge >= 0.3 is 0 Å². The molecule has 5 aromatic rings. The SMILES string of the molecule is Clc1cccc(C(Nc2ccnc3cc(Cl)ccc23)(c2ccccc2)c2ccc(CN3CCCC3)c(Cl)c2)c1. The number of halogens is 3. The molecule has 1 saturated heterocycles. The summed E-state index contributed by atoms with van der Waals surface area (Å²) in [7, 11) is 0. The Bertz CT molecular complexity index is 1620. The maximum atomic E-state index is 7.03. The normalized spacial score (nSPS) is 15.4. The summed E-state index contributed by atoms with van der Waals surface area (Å²) in [5.41, 5.74) is 5.18. The molecule has 1 atom stereocenters. The molecular formula is C33H28Cl3N3. The van der Waals surface area contributed by atoms with Gasteiger partial charge in [0.2, 0.25) is 0 Å². The van der Waals surface area contributed by atoms with Crippen LogP contribution in [-0.2, 0) is 12.1 Å². The van der Waals surface area contributed by atoms with Gasteiger partial charge in [0.25, 0.3) is 0 Å². The van der Waals surface area contributed by atoms with Crippen LogP contribution in [0.25, 0.3) is 10.9 Å². The highest BCUT2D eigenvalue weighted by atomic mass is 35.5. The molecule has 1 aromatic heterocycles. The van der Waals surface area contributed by atoms with E-state index in [1.807, 2.05) is 48.5 Å². The largest absolute Gasteiger partial charge is 0.367 e. The van der Waals surface area contributed by atoms with Crippen LogP contribution in [0.4, 0.5) is 5.69 Å². The van der Waals surface area contributed by atoms with Gasteiger partial charge in [-0.05, 0) is 90.6 Å². The molecule has 0 bridgehead atoms. The molecule has 4 aromatic carbocycles. The van der Waals surface area contributed by atoms with Crippen LogP contribution < -0.4 is 5.32 Å². The highest BCUT2D eigenvalue weighted by Crippen LogP contribution is 2.43. The van der Waals surface area contributed by atoms with Crippen molar-refractivity contribution in [3.8, 4) is 0 Å². The molecule has 0 aliphatic carbocycles. The lowest BCUT2D eigenvalue weighted by Gasteiger charge is -2.38. The first-order valence-corrected chi connectivity index (χ1v) is 14.3. The van der Waals surface area contributed by atoms with E-state index in [2.05, 4.69) is 63.7 Å². The number of nitrogens with one attached hydrogen (secondary N) is 1. The van der Waals surface area contributed by atoms with Gasteiger partial charge in [0.15, 0.2) is 0 Å². The maximum Gasteiger partial charge on any atom is 0.114 e. The lowest BCUT2D eigenvalue weighted by atomic mass is 9.76. The number of fused-ring (bicyclic) bond motifs is 1. The van der Waals surface area contributed by atoms with Gasteiger partial charge in [-0.15, -0.1) is 0 Å². The van der Waals surface area contributed by atoms with Gasteiger partial charge in [-0.25, -0.2) is 0 Å². The summed E-state index contributed by atoms with van der Waals surface area (Å²) in [6.45, 7) is 3.10. The number of hydrogen-bond acceptors (Lipinski definition) is 3. The van der Waals surface area contributed by atoms with Crippen molar-refractivity contribution in [1.29, 1.82) is 0 Å². The Morgan fingerprint density at radius 1 is 0.718 bits per heavy atom. The van der Waals surface area contributed by atoms with Crippen LogP contribution in [0.15, 0.2) is 103 Å². The molecular weight excluding hydrogens is 545 g/mol. The molecule has 6 rings (SSSR count). The van der Waals surface area contributed by atoms with Gasteiger partial charge in [0.1, 0.15) is 5.54 Å². The Balaban J connectivity index is 1.57. The molecule has 0 radical (unpaired) electrons. The van der Waals surface area contributed by atoms with Gasteiger partial charge in [0, 0.05) is 38.9 Å². The first-order valence-electron chi connectivity index (χ1n) is 13.2. The minimum absolute atomic E-state index is 0.650. The lowest BCUT2D eigenvalue weighted by Crippen LogP contribution is -2.38. The topological polar surface area (TPSA) is 28.2 Å². The Hall–Kier alpha value is -3.08. The van der Waals surface area contributed by atoms with Crippen molar-refractivity contribution in [3.63, 3.8) is 0 Å². The van der Waals surface area contributed by atoms with E-state index >= 15 is 0 Å². The number of pyridine rings is 1. The smallest absolute Gasteiger partial charge is 0.114 e. The Morgan fingerprint density at radius 3 is 2.23 bits per heavy atom. The third-order valence-corrected chi connectivity index (χ3v) is 8.39. The molecule has 0 amide bonds. The van der Waals surface area contributed by atoms with Crippen LogP contribution in [0, 0.1) is 0 Å². The van der Waals surface area contributed by atoms with E-state index in [0.717, 1.165) is 63.5 Å². The fourth-order valence-electron chi connectivity index (χ4n) is 5.65. The van der Waals surface area contributed by atoms with Crippen molar-refractivity contribution >= 4 is 51.4 Å². The van der Waals surface area contributed by atoms with Crippen LogP contribution in [-0.4, -0.2) is 23.0 Å². The second-order valence-corrected chi connectivity index (χ2v) is 11.3. The van der Waals surface area contributed by atoms with Gasteiger partial charge in [-0.1, -0.05) is 89.4 Å². The summed E-state index contributed by atoms with van der Waals surface area (Å²) in [5, 5.41) is 6.99. The summed E-state index contributed by atoms with van der Waals surface area (Å²) in [5.74, 6) is 0. The predicted molar refractivity (Wildman–Crippen MR) is 164 cm³/mol. The Kier molecular flexibility index (Phi) is 7.51. The monoisotopic (exact) mass is 571 g/mol. The summed E-state index contributed by atoms with van der Waals surface area (Å²) >= 11 is 19.9. The van der Waals surface area contributed by atoms with E-state index in [4.69, 9.17) is 34.8 Å². The van der Waals surface area contributed by atoms with Crippen LogP contribution in [0.1, 0.15) is 35.1 Å². The van der Waals surface area contributed by atoms with Crippen molar-refractivity contribution in [2.45, 2.75) is 24.9 Å². The first kappa shape index (κ1) is 26.2.